The van der Waals surface area contributed by atoms with Gasteiger partial charge in [-0.1, -0.05) is 42.5 Å². The molecule has 0 amide bonds. The Morgan fingerprint density at radius 3 is 2.00 bits per heavy atom. The summed E-state index contributed by atoms with van der Waals surface area (Å²) in [5.74, 6) is -0.619. The molecular formula is C17H19NO2. The van der Waals surface area contributed by atoms with E-state index in [2.05, 4.69) is 0 Å². The highest BCUT2D eigenvalue weighted by Crippen LogP contribution is 2.27. The van der Waals surface area contributed by atoms with Crippen molar-refractivity contribution in [3.05, 3.63) is 65.7 Å². The lowest BCUT2D eigenvalue weighted by molar-refractivity contribution is -0.141. The fraction of sp³-hybridized carbons (Fsp3) is 0.235. The summed E-state index contributed by atoms with van der Waals surface area (Å²) in [5, 5.41) is 0. The number of ether oxygens (including phenoxy) is 1. The zero-order chi connectivity index (χ0) is 14.5. The number of nitrogens with zero attached hydrogens (tertiary/aromatic N) is 1. The van der Waals surface area contributed by atoms with Crippen molar-refractivity contribution >= 4 is 11.7 Å². The normalized spacial score (nSPS) is 11.8. The lowest BCUT2D eigenvalue weighted by atomic mass is 9.91. The van der Waals surface area contributed by atoms with Gasteiger partial charge in [0.2, 0.25) is 0 Å². The molecule has 2 aromatic carbocycles. The van der Waals surface area contributed by atoms with Crippen molar-refractivity contribution in [1.29, 1.82) is 0 Å². The lowest BCUT2D eigenvalue weighted by Gasteiger charge is -2.17. The van der Waals surface area contributed by atoms with Gasteiger partial charge in [-0.25, -0.2) is 0 Å². The van der Waals surface area contributed by atoms with Gasteiger partial charge in [-0.3, -0.25) is 4.79 Å². The highest BCUT2D eigenvalue weighted by molar-refractivity contribution is 5.82. The van der Waals surface area contributed by atoms with Crippen LogP contribution in [0, 0.1) is 0 Å². The van der Waals surface area contributed by atoms with E-state index in [0.717, 1.165) is 16.8 Å². The van der Waals surface area contributed by atoms with Crippen LogP contribution in [0.1, 0.15) is 17.0 Å². The molecular weight excluding hydrogens is 250 g/mol. The molecule has 2 aromatic rings. The third-order valence-electron chi connectivity index (χ3n) is 3.31. The molecule has 0 aliphatic carbocycles. The van der Waals surface area contributed by atoms with E-state index in [9.17, 15) is 4.79 Å². The van der Waals surface area contributed by atoms with E-state index in [1.165, 1.54) is 7.11 Å². The average Bonchev–Trinajstić information content (AvgIpc) is 2.49. The van der Waals surface area contributed by atoms with Crippen LogP contribution in [0.5, 0.6) is 0 Å². The fourth-order valence-electron chi connectivity index (χ4n) is 2.19. The largest absolute Gasteiger partial charge is 0.468 e. The molecule has 20 heavy (non-hydrogen) atoms. The molecule has 3 heteroatoms. The fourth-order valence-corrected chi connectivity index (χ4v) is 2.19. The molecule has 0 fully saturated rings. The molecule has 0 saturated carbocycles. The minimum absolute atomic E-state index is 0.242. The summed E-state index contributed by atoms with van der Waals surface area (Å²) >= 11 is 0. The molecule has 0 aliphatic heterocycles. The number of anilines is 1. The number of rotatable bonds is 4. The Bertz CT molecular complexity index is 561. The van der Waals surface area contributed by atoms with Crippen LogP contribution in [-0.4, -0.2) is 27.2 Å². The first-order valence-electron chi connectivity index (χ1n) is 6.53. The smallest absolute Gasteiger partial charge is 0.317 e. The van der Waals surface area contributed by atoms with Gasteiger partial charge in [-0.05, 0) is 23.3 Å². The second-order valence-corrected chi connectivity index (χ2v) is 4.85. The Labute approximate surface area is 119 Å². The number of carbonyl (C=O) groups is 1. The number of hydrogen-bond donors (Lipinski definition) is 0. The second kappa shape index (κ2) is 6.24. The van der Waals surface area contributed by atoms with Crippen LogP contribution in [0.15, 0.2) is 54.6 Å². The maximum atomic E-state index is 12.1. The van der Waals surface area contributed by atoms with E-state index in [-0.39, 0.29) is 11.9 Å². The van der Waals surface area contributed by atoms with Crippen molar-refractivity contribution in [2.75, 3.05) is 26.1 Å². The van der Waals surface area contributed by atoms with Crippen molar-refractivity contribution in [3.8, 4) is 0 Å². The van der Waals surface area contributed by atoms with E-state index in [1.807, 2.05) is 73.6 Å². The van der Waals surface area contributed by atoms with Gasteiger partial charge >= 0.3 is 5.97 Å². The molecule has 2 rings (SSSR count). The molecule has 1 atom stereocenters. The van der Waals surface area contributed by atoms with Crippen LogP contribution in [0.2, 0.25) is 0 Å². The van der Waals surface area contributed by atoms with Gasteiger partial charge in [0, 0.05) is 19.8 Å². The number of benzene rings is 2. The van der Waals surface area contributed by atoms with E-state index in [1.54, 1.807) is 0 Å². The van der Waals surface area contributed by atoms with Crippen molar-refractivity contribution in [1.82, 2.24) is 0 Å². The standard InChI is InChI=1S/C17H19NO2/c1-18(2)15-11-9-14(10-12-15)16(17(19)20-3)13-7-5-4-6-8-13/h4-12,16H,1-3H3. The van der Waals surface area contributed by atoms with Crippen LogP contribution in [0.4, 0.5) is 5.69 Å². The van der Waals surface area contributed by atoms with Gasteiger partial charge in [-0.15, -0.1) is 0 Å². The minimum Gasteiger partial charge on any atom is -0.468 e. The predicted molar refractivity (Wildman–Crippen MR) is 81.1 cm³/mol. The van der Waals surface area contributed by atoms with Crippen LogP contribution in [0.25, 0.3) is 0 Å². The zero-order valence-corrected chi connectivity index (χ0v) is 12.0. The first-order valence-corrected chi connectivity index (χ1v) is 6.53. The third-order valence-corrected chi connectivity index (χ3v) is 3.31. The van der Waals surface area contributed by atoms with Crippen LogP contribution in [0.3, 0.4) is 0 Å². The molecule has 0 aliphatic rings. The molecule has 0 heterocycles. The summed E-state index contributed by atoms with van der Waals surface area (Å²) in [5.41, 5.74) is 2.98. The van der Waals surface area contributed by atoms with Gasteiger partial charge in [0.15, 0.2) is 0 Å². The maximum absolute atomic E-state index is 12.1. The van der Waals surface area contributed by atoms with Crippen molar-refractivity contribution < 1.29 is 9.53 Å². The number of carbonyl (C=O) groups excluding carboxylic acids is 1. The Morgan fingerprint density at radius 1 is 0.950 bits per heavy atom. The van der Waals surface area contributed by atoms with Gasteiger partial charge in [0.05, 0.1) is 7.11 Å². The van der Waals surface area contributed by atoms with E-state index in [4.69, 9.17) is 4.74 Å². The molecule has 0 N–H and O–H groups in total. The SMILES string of the molecule is COC(=O)C(c1ccccc1)c1ccc(N(C)C)cc1. The highest BCUT2D eigenvalue weighted by Gasteiger charge is 2.23. The number of methoxy groups -OCH3 is 1. The summed E-state index contributed by atoms with van der Waals surface area (Å²) in [7, 11) is 5.40. The first-order chi connectivity index (χ1) is 9.63. The summed E-state index contributed by atoms with van der Waals surface area (Å²) in [6.45, 7) is 0. The molecule has 3 nitrogen and oxygen atoms in total. The van der Waals surface area contributed by atoms with Gasteiger partial charge in [-0.2, -0.15) is 0 Å². The molecule has 0 radical (unpaired) electrons. The molecule has 0 spiro atoms. The molecule has 0 bridgehead atoms. The van der Waals surface area contributed by atoms with Gasteiger partial charge in [0.25, 0.3) is 0 Å². The minimum atomic E-state index is -0.377. The quantitative estimate of drug-likeness (QED) is 0.799. The Morgan fingerprint density at radius 2 is 1.50 bits per heavy atom. The van der Waals surface area contributed by atoms with E-state index in [0.29, 0.717) is 0 Å². The van der Waals surface area contributed by atoms with Gasteiger partial charge < -0.3 is 9.64 Å². The third kappa shape index (κ3) is 2.99. The number of hydrogen-bond acceptors (Lipinski definition) is 3. The Hall–Kier alpha value is -2.29. The Kier molecular flexibility index (Phi) is 4.41. The first kappa shape index (κ1) is 14.1. The maximum Gasteiger partial charge on any atom is 0.317 e. The summed E-state index contributed by atoms with van der Waals surface area (Å²) in [6.07, 6.45) is 0. The summed E-state index contributed by atoms with van der Waals surface area (Å²) in [6, 6.07) is 17.7. The van der Waals surface area contributed by atoms with Crippen LogP contribution < -0.4 is 4.90 Å². The van der Waals surface area contributed by atoms with E-state index >= 15 is 0 Å². The molecule has 104 valence electrons. The number of esters is 1. The van der Waals surface area contributed by atoms with E-state index < -0.39 is 0 Å². The van der Waals surface area contributed by atoms with Crippen molar-refractivity contribution in [3.63, 3.8) is 0 Å². The topological polar surface area (TPSA) is 29.5 Å². The highest BCUT2D eigenvalue weighted by atomic mass is 16.5. The predicted octanol–water partition coefficient (Wildman–Crippen LogP) is 3.06. The summed E-state index contributed by atoms with van der Waals surface area (Å²) in [4.78, 5) is 14.1. The van der Waals surface area contributed by atoms with Gasteiger partial charge in [0.1, 0.15) is 5.92 Å². The molecule has 0 saturated heterocycles. The summed E-state index contributed by atoms with van der Waals surface area (Å²) < 4.78 is 4.95. The van der Waals surface area contributed by atoms with Crippen molar-refractivity contribution in [2.24, 2.45) is 0 Å². The Balaban J connectivity index is 2.39. The molecule has 0 aromatic heterocycles. The lowest BCUT2D eigenvalue weighted by Crippen LogP contribution is -2.16. The second-order valence-electron chi connectivity index (χ2n) is 4.85. The van der Waals surface area contributed by atoms with Crippen LogP contribution in [-0.2, 0) is 9.53 Å². The zero-order valence-electron chi connectivity index (χ0n) is 12.0. The van der Waals surface area contributed by atoms with Crippen molar-refractivity contribution in [2.45, 2.75) is 5.92 Å². The monoisotopic (exact) mass is 269 g/mol. The average molecular weight is 269 g/mol. The van der Waals surface area contributed by atoms with Crippen LogP contribution >= 0.6 is 0 Å². The molecule has 1 unspecified atom stereocenters.